The minimum atomic E-state index is -0.345. The summed E-state index contributed by atoms with van der Waals surface area (Å²) in [5.41, 5.74) is 0.910. The summed E-state index contributed by atoms with van der Waals surface area (Å²) in [5.74, 6) is 1.13. The van der Waals surface area contributed by atoms with Gasteiger partial charge in [0.25, 0.3) is 0 Å². The second-order valence-electron chi connectivity index (χ2n) is 6.64. The number of nitrogens with one attached hydrogen (secondary N) is 1. The van der Waals surface area contributed by atoms with E-state index in [0.29, 0.717) is 27.5 Å². The SMILES string of the molecule is COc1ccc(CNC(=O)C(C)Sc2nnc(N(C(C)=O)C3CC3)s2)cc1OC. The standard InChI is InChI=1S/C19H24N4O4S2/c1-11(17(25)20-10-13-5-8-15(26-3)16(9-13)27-4)28-19-22-21-18(29-19)23(12(2)24)14-6-7-14/h5,8-9,11,14H,6-7,10H2,1-4H3,(H,20,25). The van der Waals surface area contributed by atoms with Crippen molar-refractivity contribution in [3.05, 3.63) is 23.8 Å². The molecule has 0 radical (unpaired) electrons. The number of aromatic nitrogens is 2. The molecule has 10 heteroatoms. The van der Waals surface area contributed by atoms with Gasteiger partial charge in [0.05, 0.1) is 19.5 Å². The lowest BCUT2D eigenvalue weighted by atomic mass is 10.2. The first-order valence-corrected chi connectivity index (χ1v) is 10.9. The Morgan fingerprint density at radius 2 is 2.00 bits per heavy atom. The molecule has 2 amide bonds. The van der Waals surface area contributed by atoms with E-state index in [4.69, 9.17) is 9.47 Å². The van der Waals surface area contributed by atoms with Crippen molar-refractivity contribution >= 4 is 40.0 Å². The number of thioether (sulfide) groups is 1. The largest absolute Gasteiger partial charge is 0.493 e. The molecular formula is C19H24N4O4S2. The molecule has 0 spiro atoms. The van der Waals surface area contributed by atoms with Crippen molar-refractivity contribution in [2.45, 2.75) is 48.9 Å². The van der Waals surface area contributed by atoms with Crippen molar-refractivity contribution in [2.24, 2.45) is 0 Å². The Hall–Kier alpha value is -2.33. The van der Waals surface area contributed by atoms with E-state index in [1.54, 1.807) is 19.1 Å². The Morgan fingerprint density at radius 1 is 1.28 bits per heavy atom. The first kappa shape index (κ1) is 21.4. The van der Waals surface area contributed by atoms with E-state index in [-0.39, 0.29) is 23.1 Å². The molecule has 29 heavy (non-hydrogen) atoms. The third kappa shape index (κ3) is 5.39. The van der Waals surface area contributed by atoms with Crippen LogP contribution in [-0.4, -0.2) is 47.5 Å². The van der Waals surface area contributed by atoms with Crippen molar-refractivity contribution in [2.75, 3.05) is 19.1 Å². The van der Waals surface area contributed by atoms with E-state index in [2.05, 4.69) is 15.5 Å². The highest BCUT2D eigenvalue weighted by Gasteiger charge is 2.34. The number of carbonyl (C=O) groups excluding carboxylic acids is 2. The normalized spacial score (nSPS) is 14.2. The number of amides is 2. The maximum atomic E-state index is 12.5. The Labute approximate surface area is 178 Å². The zero-order valence-electron chi connectivity index (χ0n) is 16.8. The molecule has 1 aromatic heterocycles. The molecule has 1 saturated carbocycles. The van der Waals surface area contributed by atoms with Gasteiger partial charge < -0.3 is 14.8 Å². The van der Waals surface area contributed by atoms with Gasteiger partial charge in [0.1, 0.15) is 0 Å². The summed E-state index contributed by atoms with van der Waals surface area (Å²) in [7, 11) is 3.16. The summed E-state index contributed by atoms with van der Waals surface area (Å²) in [4.78, 5) is 26.0. The van der Waals surface area contributed by atoms with Crippen LogP contribution in [0.3, 0.4) is 0 Å². The van der Waals surface area contributed by atoms with E-state index < -0.39 is 0 Å². The molecule has 3 rings (SSSR count). The van der Waals surface area contributed by atoms with E-state index in [1.165, 1.54) is 30.0 Å². The summed E-state index contributed by atoms with van der Waals surface area (Å²) >= 11 is 2.68. The van der Waals surface area contributed by atoms with Gasteiger partial charge in [-0.1, -0.05) is 29.2 Å². The summed E-state index contributed by atoms with van der Waals surface area (Å²) in [6, 6.07) is 5.76. The van der Waals surface area contributed by atoms with Crippen LogP contribution >= 0.6 is 23.1 Å². The lowest BCUT2D eigenvalue weighted by molar-refractivity contribution is -0.120. The van der Waals surface area contributed by atoms with E-state index in [0.717, 1.165) is 18.4 Å². The van der Waals surface area contributed by atoms with Crippen LogP contribution in [0.2, 0.25) is 0 Å². The van der Waals surface area contributed by atoms with Gasteiger partial charge in [-0.3, -0.25) is 14.5 Å². The third-order valence-electron chi connectivity index (χ3n) is 4.41. The smallest absolute Gasteiger partial charge is 0.233 e. The number of anilines is 1. The van der Waals surface area contributed by atoms with Gasteiger partial charge in [-0.25, -0.2) is 0 Å². The molecule has 2 aromatic rings. The molecule has 1 aliphatic rings. The molecular weight excluding hydrogens is 412 g/mol. The van der Waals surface area contributed by atoms with Gasteiger partial charge in [-0.05, 0) is 37.5 Å². The van der Waals surface area contributed by atoms with Crippen LogP contribution in [0.1, 0.15) is 32.3 Å². The Bertz CT molecular complexity index is 885. The highest BCUT2D eigenvalue weighted by molar-refractivity contribution is 8.02. The molecule has 1 heterocycles. The molecule has 0 bridgehead atoms. The average Bonchev–Trinajstić information content (AvgIpc) is 3.44. The van der Waals surface area contributed by atoms with Crippen LogP contribution < -0.4 is 19.7 Å². The van der Waals surface area contributed by atoms with Crippen molar-refractivity contribution in [3.63, 3.8) is 0 Å². The summed E-state index contributed by atoms with van der Waals surface area (Å²) in [5, 5.41) is 11.4. The number of benzene rings is 1. The Morgan fingerprint density at radius 3 is 2.62 bits per heavy atom. The highest BCUT2D eigenvalue weighted by Crippen LogP contribution is 2.36. The van der Waals surface area contributed by atoms with E-state index >= 15 is 0 Å². The maximum absolute atomic E-state index is 12.5. The van der Waals surface area contributed by atoms with Crippen molar-refractivity contribution in [1.82, 2.24) is 15.5 Å². The zero-order valence-corrected chi connectivity index (χ0v) is 18.4. The van der Waals surface area contributed by atoms with Gasteiger partial charge in [0.15, 0.2) is 15.8 Å². The van der Waals surface area contributed by atoms with Crippen molar-refractivity contribution in [3.8, 4) is 11.5 Å². The number of nitrogens with zero attached hydrogens (tertiary/aromatic N) is 3. The fourth-order valence-corrected chi connectivity index (χ4v) is 4.88. The molecule has 0 aliphatic heterocycles. The third-order valence-corrected chi connectivity index (χ3v) is 6.52. The number of carbonyl (C=O) groups is 2. The summed E-state index contributed by atoms with van der Waals surface area (Å²) < 4.78 is 11.2. The fraction of sp³-hybridized carbons (Fsp3) is 0.474. The van der Waals surface area contributed by atoms with Gasteiger partial charge in [0.2, 0.25) is 16.9 Å². The number of methoxy groups -OCH3 is 2. The second-order valence-corrected chi connectivity index (χ2v) is 9.18. The van der Waals surface area contributed by atoms with Crippen LogP contribution in [-0.2, 0) is 16.1 Å². The average molecular weight is 437 g/mol. The van der Waals surface area contributed by atoms with Crippen LogP contribution in [0.4, 0.5) is 5.13 Å². The molecule has 1 aromatic carbocycles. The first-order valence-electron chi connectivity index (χ1n) is 9.21. The molecule has 0 saturated heterocycles. The minimum Gasteiger partial charge on any atom is -0.493 e. The summed E-state index contributed by atoms with van der Waals surface area (Å²) in [6.45, 7) is 3.74. The monoisotopic (exact) mass is 436 g/mol. The number of hydrogen-bond acceptors (Lipinski definition) is 8. The first-order chi connectivity index (χ1) is 13.9. The predicted octanol–water partition coefficient (Wildman–Crippen LogP) is 2.87. The van der Waals surface area contributed by atoms with Gasteiger partial charge in [-0.15, -0.1) is 10.2 Å². The van der Waals surface area contributed by atoms with Crippen LogP contribution in [0.5, 0.6) is 11.5 Å². The van der Waals surface area contributed by atoms with Crippen LogP contribution in [0.15, 0.2) is 22.5 Å². The Balaban J connectivity index is 1.55. The molecule has 8 nitrogen and oxygen atoms in total. The second kappa shape index (κ2) is 9.45. The molecule has 156 valence electrons. The van der Waals surface area contributed by atoms with E-state index in [1.807, 2.05) is 25.1 Å². The van der Waals surface area contributed by atoms with Gasteiger partial charge >= 0.3 is 0 Å². The number of rotatable bonds is 9. The lowest BCUT2D eigenvalue weighted by Gasteiger charge is -2.15. The molecule has 1 unspecified atom stereocenters. The number of hydrogen-bond donors (Lipinski definition) is 1. The quantitative estimate of drug-likeness (QED) is 0.477. The Kier molecular flexibility index (Phi) is 6.96. The minimum absolute atomic E-state index is 0.0269. The van der Waals surface area contributed by atoms with E-state index in [9.17, 15) is 9.59 Å². The molecule has 1 aliphatic carbocycles. The van der Waals surface area contributed by atoms with Gasteiger partial charge in [0, 0.05) is 19.5 Å². The van der Waals surface area contributed by atoms with Crippen molar-refractivity contribution in [1.29, 1.82) is 0 Å². The maximum Gasteiger partial charge on any atom is 0.233 e. The molecule has 1 atom stereocenters. The topological polar surface area (TPSA) is 93.6 Å². The summed E-state index contributed by atoms with van der Waals surface area (Å²) in [6.07, 6.45) is 1.99. The molecule has 1 fully saturated rings. The highest BCUT2D eigenvalue weighted by atomic mass is 32.2. The van der Waals surface area contributed by atoms with Gasteiger partial charge in [-0.2, -0.15) is 0 Å². The van der Waals surface area contributed by atoms with Crippen LogP contribution in [0.25, 0.3) is 0 Å². The van der Waals surface area contributed by atoms with Crippen molar-refractivity contribution < 1.29 is 19.1 Å². The molecule has 1 N–H and O–H groups in total. The number of ether oxygens (including phenoxy) is 2. The lowest BCUT2D eigenvalue weighted by Crippen LogP contribution is -2.30. The van der Waals surface area contributed by atoms with Crippen LogP contribution in [0, 0.1) is 0 Å². The fourth-order valence-electron chi connectivity index (χ4n) is 2.76. The zero-order chi connectivity index (χ0) is 21.0. The predicted molar refractivity (Wildman–Crippen MR) is 113 cm³/mol.